The van der Waals surface area contributed by atoms with Gasteiger partial charge in [-0.3, -0.25) is 4.79 Å². The first-order valence-electron chi connectivity index (χ1n) is 4.56. The molecule has 0 amide bonds. The van der Waals surface area contributed by atoms with Gasteiger partial charge >= 0.3 is 5.97 Å². The monoisotopic (exact) mass is 213 g/mol. The molecule has 15 heavy (non-hydrogen) atoms. The van der Waals surface area contributed by atoms with Crippen LogP contribution in [0.1, 0.15) is 17.9 Å². The van der Waals surface area contributed by atoms with E-state index in [4.69, 9.17) is 5.11 Å². The number of nitrogens with one attached hydrogen (secondary N) is 1. The van der Waals surface area contributed by atoms with Gasteiger partial charge in [0.15, 0.2) is 0 Å². The van der Waals surface area contributed by atoms with Crippen molar-refractivity contribution in [1.82, 2.24) is 0 Å². The molecular weight excluding hydrogens is 204 g/mol. The average molecular weight is 213 g/mol. The highest BCUT2D eigenvalue weighted by Crippen LogP contribution is 2.35. The number of hydrogen-bond donors (Lipinski definition) is 2. The first-order valence-corrected chi connectivity index (χ1v) is 4.56. The van der Waals surface area contributed by atoms with Crippen molar-refractivity contribution in [3.05, 3.63) is 29.3 Å². The van der Waals surface area contributed by atoms with E-state index in [0.717, 1.165) is 12.1 Å². The number of aliphatic carboxylic acids is 1. The number of rotatable bonds is 1. The lowest BCUT2D eigenvalue weighted by Crippen LogP contribution is -2.24. The minimum absolute atomic E-state index is 0.0198. The van der Waals surface area contributed by atoms with Gasteiger partial charge in [-0.25, -0.2) is 8.78 Å². The Bertz CT molecular complexity index is 420. The molecule has 3 nitrogen and oxygen atoms in total. The van der Waals surface area contributed by atoms with Crippen molar-refractivity contribution in [2.45, 2.75) is 12.3 Å². The Labute approximate surface area is 84.7 Å². The summed E-state index contributed by atoms with van der Waals surface area (Å²) >= 11 is 0. The second-order valence-electron chi connectivity index (χ2n) is 3.42. The van der Waals surface area contributed by atoms with Crippen molar-refractivity contribution in [3.8, 4) is 0 Å². The summed E-state index contributed by atoms with van der Waals surface area (Å²) in [6.07, 6.45) is 0.267. The van der Waals surface area contributed by atoms with Crippen LogP contribution >= 0.6 is 0 Å². The van der Waals surface area contributed by atoms with E-state index >= 15 is 0 Å². The Balaban J connectivity index is 2.59. The summed E-state index contributed by atoms with van der Waals surface area (Å²) in [5.74, 6) is -3.37. The van der Waals surface area contributed by atoms with Gasteiger partial charge in [-0.05, 0) is 18.6 Å². The Hall–Kier alpha value is -1.65. The van der Waals surface area contributed by atoms with Crippen molar-refractivity contribution < 1.29 is 18.7 Å². The van der Waals surface area contributed by atoms with Crippen LogP contribution in [0, 0.1) is 11.6 Å². The first kappa shape index (κ1) is 9.89. The molecule has 0 saturated heterocycles. The minimum atomic E-state index is -1.12. The summed E-state index contributed by atoms with van der Waals surface area (Å²) in [5.41, 5.74) is -0.0950. The van der Waals surface area contributed by atoms with Crippen LogP contribution in [0.3, 0.4) is 0 Å². The smallest absolute Gasteiger partial charge is 0.311 e. The van der Waals surface area contributed by atoms with E-state index in [2.05, 4.69) is 5.32 Å². The van der Waals surface area contributed by atoms with Gasteiger partial charge in [-0.15, -0.1) is 0 Å². The number of carboxylic acids is 1. The fourth-order valence-electron chi connectivity index (χ4n) is 1.82. The van der Waals surface area contributed by atoms with Gasteiger partial charge in [0.1, 0.15) is 11.6 Å². The molecule has 1 atom stereocenters. The number of hydrogen-bond acceptors (Lipinski definition) is 2. The standard InChI is InChI=1S/C10H9F2NO2/c11-6-1-2-7(12)9-8(6)5(10(14)15)3-4-13-9/h1-2,5,13H,3-4H2,(H,14,15). The molecule has 0 aliphatic carbocycles. The van der Waals surface area contributed by atoms with Gasteiger partial charge in [0, 0.05) is 12.1 Å². The highest BCUT2D eigenvalue weighted by Gasteiger charge is 2.30. The maximum Gasteiger partial charge on any atom is 0.311 e. The summed E-state index contributed by atoms with van der Waals surface area (Å²) in [7, 11) is 0. The van der Waals surface area contributed by atoms with Crippen LogP contribution in [0.2, 0.25) is 0 Å². The fourth-order valence-corrected chi connectivity index (χ4v) is 1.82. The lowest BCUT2D eigenvalue weighted by molar-refractivity contribution is -0.139. The van der Waals surface area contributed by atoms with Crippen molar-refractivity contribution in [1.29, 1.82) is 0 Å². The lowest BCUT2D eigenvalue weighted by atomic mass is 9.90. The highest BCUT2D eigenvalue weighted by molar-refractivity contribution is 5.80. The van der Waals surface area contributed by atoms with Crippen LogP contribution in [0.25, 0.3) is 0 Å². The third-order valence-corrected chi connectivity index (χ3v) is 2.52. The van der Waals surface area contributed by atoms with E-state index < -0.39 is 23.5 Å². The second kappa shape index (κ2) is 3.49. The largest absolute Gasteiger partial charge is 0.481 e. The van der Waals surface area contributed by atoms with Crippen molar-refractivity contribution in [3.63, 3.8) is 0 Å². The van der Waals surface area contributed by atoms with Crippen LogP contribution in [0.5, 0.6) is 0 Å². The molecule has 2 N–H and O–H groups in total. The molecule has 0 aromatic heterocycles. The van der Waals surface area contributed by atoms with Gasteiger partial charge in [-0.1, -0.05) is 0 Å². The number of benzene rings is 1. The van der Waals surface area contributed by atoms with E-state index in [1.165, 1.54) is 0 Å². The van der Waals surface area contributed by atoms with E-state index in [0.29, 0.717) is 6.54 Å². The molecule has 5 heteroatoms. The summed E-state index contributed by atoms with van der Waals surface area (Å²) in [4.78, 5) is 10.9. The third-order valence-electron chi connectivity index (χ3n) is 2.52. The molecule has 0 saturated carbocycles. The van der Waals surface area contributed by atoms with Gasteiger partial charge < -0.3 is 10.4 Å². The maximum absolute atomic E-state index is 13.4. The van der Waals surface area contributed by atoms with Crippen LogP contribution < -0.4 is 5.32 Å². The highest BCUT2D eigenvalue weighted by atomic mass is 19.1. The molecule has 1 unspecified atom stereocenters. The number of anilines is 1. The van der Waals surface area contributed by atoms with Gasteiger partial charge in [-0.2, -0.15) is 0 Å². The zero-order chi connectivity index (χ0) is 11.0. The predicted molar refractivity (Wildman–Crippen MR) is 49.8 cm³/mol. The van der Waals surface area contributed by atoms with Crippen LogP contribution in [0.4, 0.5) is 14.5 Å². The van der Waals surface area contributed by atoms with Crippen LogP contribution in [-0.4, -0.2) is 17.6 Å². The van der Waals surface area contributed by atoms with E-state index in [9.17, 15) is 13.6 Å². The lowest BCUT2D eigenvalue weighted by Gasteiger charge is -2.24. The van der Waals surface area contributed by atoms with Gasteiger partial charge in [0.25, 0.3) is 0 Å². The maximum atomic E-state index is 13.4. The Morgan fingerprint density at radius 2 is 2.07 bits per heavy atom. The topological polar surface area (TPSA) is 49.3 Å². The zero-order valence-electron chi connectivity index (χ0n) is 7.76. The number of fused-ring (bicyclic) bond motifs is 1. The Kier molecular flexibility index (Phi) is 2.30. The molecule has 80 valence electrons. The summed E-state index contributed by atoms with van der Waals surface area (Å²) < 4.78 is 26.7. The molecule has 1 aliphatic rings. The van der Waals surface area contributed by atoms with E-state index in [1.807, 2.05) is 0 Å². The second-order valence-corrected chi connectivity index (χ2v) is 3.42. The normalized spacial score (nSPS) is 19.2. The van der Waals surface area contributed by atoms with Crippen LogP contribution in [-0.2, 0) is 4.79 Å². The van der Waals surface area contributed by atoms with Crippen molar-refractivity contribution in [2.75, 3.05) is 11.9 Å². The van der Waals surface area contributed by atoms with E-state index in [-0.39, 0.29) is 17.7 Å². The molecule has 1 aromatic rings. The molecule has 2 rings (SSSR count). The van der Waals surface area contributed by atoms with Gasteiger partial charge in [0.05, 0.1) is 11.6 Å². The van der Waals surface area contributed by atoms with E-state index in [1.54, 1.807) is 0 Å². The zero-order valence-corrected chi connectivity index (χ0v) is 7.76. The average Bonchev–Trinajstić information content (AvgIpc) is 2.23. The number of carboxylic acid groups (broad SMARTS) is 1. The fraction of sp³-hybridized carbons (Fsp3) is 0.300. The Morgan fingerprint density at radius 1 is 1.40 bits per heavy atom. The SMILES string of the molecule is O=C(O)C1CCNc2c(F)ccc(F)c21. The minimum Gasteiger partial charge on any atom is -0.481 e. The molecule has 1 heterocycles. The summed E-state index contributed by atoms with van der Waals surface area (Å²) in [5, 5.41) is 11.6. The Morgan fingerprint density at radius 3 is 2.73 bits per heavy atom. The quantitative estimate of drug-likeness (QED) is 0.749. The summed E-state index contributed by atoms with van der Waals surface area (Å²) in [6, 6.07) is 1.95. The van der Waals surface area contributed by atoms with Gasteiger partial charge in [0.2, 0.25) is 0 Å². The molecule has 0 fully saturated rings. The first-order chi connectivity index (χ1) is 7.11. The molecule has 1 aliphatic heterocycles. The third kappa shape index (κ3) is 1.54. The van der Waals surface area contributed by atoms with Crippen LogP contribution in [0.15, 0.2) is 12.1 Å². The number of carbonyl (C=O) groups is 1. The molecule has 0 radical (unpaired) electrons. The van der Waals surface area contributed by atoms with Crippen molar-refractivity contribution in [2.24, 2.45) is 0 Å². The predicted octanol–water partition coefficient (Wildman–Crippen LogP) is 1.95. The number of halogens is 2. The molecule has 0 bridgehead atoms. The molecule has 0 spiro atoms. The molecular formula is C10H9F2NO2. The summed E-state index contributed by atoms with van der Waals surface area (Å²) in [6.45, 7) is 0.338. The van der Waals surface area contributed by atoms with Crippen molar-refractivity contribution >= 4 is 11.7 Å². The molecule has 1 aromatic carbocycles.